The van der Waals surface area contributed by atoms with Crippen LogP contribution in [0.3, 0.4) is 0 Å². The lowest BCUT2D eigenvalue weighted by Gasteiger charge is -2.72. The summed E-state index contributed by atoms with van der Waals surface area (Å²) in [6.07, 6.45) is 9.83. The Hall–Kier alpha value is -1.96. The van der Waals surface area contributed by atoms with Gasteiger partial charge in [0.1, 0.15) is 6.07 Å². The van der Waals surface area contributed by atoms with Crippen LogP contribution < -0.4 is 0 Å². The van der Waals surface area contributed by atoms with Crippen molar-refractivity contribution in [2.24, 2.45) is 61.2 Å². The second-order valence-corrected chi connectivity index (χ2v) is 15.8. The second kappa shape index (κ2) is 8.77. The number of carbonyl (C=O) groups is 2. The van der Waals surface area contributed by atoms with Crippen LogP contribution in [0, 0.1) is 67.5 Å². The molecule has 0 radical (unpaired) electrons. The fraction of sp³-hybridized carbons (Fsp3) is 0.824. The van der Waals surface area contributed by atoms with E-state index in [2.05, 4.69) is 67.5 Å². The molecule has 0 unspecified atom stereocenters. The van der Waals surface area contributed by atoms with Crippen LogP contribution in [0.5, 0.6) is 0 Å². The number of aliphatic imine (C=N–C) groups is 1. The van der Waals surface area contributed by atoms with Gasteiger partial charge in [-0.2, -0.15) is 5.26 Å². The normalized spacial score (nSPS) is 47.0. The number of fused-ring (bicyclic) bond motifs is 7. The quantitative estimate of drug-likeness (QED) is 0.347. The van der Waals surface area contributed by atoms with Crippen molar-refractivity contribution in [1.82, 2.24) is 0 Å². The van der Waals surface area contributed by atoms with E-state index in [1.165, 1.54) is 5.71 Å². The van der Waals surface area contributed by atoms with Gasteiger partial charge in [0, 0.05) is 23.6 Å². The number of allylic oxidation sites excluding steroid dienone is 2. The van der Waals surface area contributed by atoms with E-state index in [0.29, 0.717) is 5.57 Å². The van der Waals surface area contributed by atoms with Crippen molar-refractivity contribution in [3.8, 4) is 6.07 Å². The summed E-state index contributed by atoms with van der Waals surface area (Å²) in [5.41, 5.74) is 0.523. The van der Waals surface area contributed by atoms with Crippen LogP contribution in [-0.4, -0.2) is 31.1 Å². The van der Waals surface area contributed by atoms with Gasteiger partial charge in [0.15, 0.2) is 5.78 Å². The summed E-state index contributed by atoms with van der Waals surface area (Å²) < 4.78 is 5.55. The SMILES string of the molecule is CCN=C1C[C@@H]2[C@@]3(C)C=C(C#N)C(=O)C(C)(C)[C@@H]3CC[C@@]2(C)[C@]2(C)CC[C@@]3(C(=O)OC)CCC(C)(C)C[C@H]3[C@@H]12. The first-order valence-corrected chi connectivity index (χ1v) is 15.4. The molecule has 5 aliphatic rings. The molecule has 0 heterocycles. The molecule has 0 aromatic rings. The molecule has 4 saturated carbocycles. The average molecular weight is 535 g/mol. The van der Waals surface area contributed by atoms with Crippen LogP contribution in [0.25, 0.3) is 0 Å². The molecule has 0 N–H and O–H groups in total. The zero-order chi connectivity index (χ0) is 28.8. The summed E-state index contributed by atoms with van der Waals surface area (Å²) in [6.45, 7) is 19.1. The fourth-order valence-corrected chi connectivity index (χ4v) is 11.3. The Labute approximate surface area is 236 Å². The van der Waals surface area contributed by atoms with E-state index < -0.39 is 10.8 Å². The van der Waals surface area contributed by atoms with Crippen molar-refractivity contribution in [2.75, 3.05) is 13.7 Å². The number of carbonyl (C=O) groups excluding carboxylic acids is 2. The monoisotopic (exact) mass is 534 g/mol. The Morgan fingerprint density at radius 2 is 1.69 bits per heavy atom. The van der Waals surface area contributed by atoms with Crippen molar-refractivity contribution < 1.29 is 14.3 Å². The highest BCUT2D eigenvalue weighted by molar-refractivity contribution is 6.04. The molecular weight excluding hydrogens is 484 g/mol. The van der Waals surface area contributed by atoms with Crippen LogP contribution in [0.2, 0.25) is 0 Å². The topological polar surface area (TPSA) is 79.5 Å². The molecule has 0 aromatic heterocycles. The Morgan fingerprint density at radius 1 is 1.03 bits per heavy atom. The predicted molar refractivity (Wildman–Crippen MR) is 154 cm³/mol. The Kier molecular flexibility index (Phi) is 6.42. The maximum atomic E-state index is 13.6. The number of hydrogen-bond acceptors (Lipinski definition) is 5. The lowest BCUT2D eigenvalue weighted by Crippen LogP contribution is -2.69. The van der Waals surface area contributed by atoms with Gasteiger partial charge in [-0.1, -0.05) is 54.5 Å². The van der Waals surface area contributed by atoms with Crippen molar-refractivity contribution in [3.63, 3.8) is 0 Å². The van der Waals surface area contributed by atoms with E-state index in [4.69, 9.17) is 9.73 Å². The molecular formula is C34H50N2O3. The largest absolute Gasteiger partial charge is 0.469 e. The zero-order valence-corrected chi connectivity index (χ0v) is 25.9. The number of esters is 1. The molecule has 5 nitrogen and oxygen atoms in total. The molecule has 0 aliphatic heterocycles. The molecule has 0 bridgehead atoms. The highest BCUT2D eigenvalue weighted by Gasteiger charge is 2.72. The Bertz CT molecular complexity index is 1190. The van der Waals surface area contributed by atoms with Gasteiger partial charge in [0.2, 0.25) is 0 Å². The van der Waals surface area contributed by atoms with Gasteiger partial charge in [-0.15, -0.1) is 0 Å². The van der Waals surface area contributed by atoms with E-state index in [-0.39, 0.29) is 57.1 Å². The summed E-state index contributed by atoms with van der Waals surface area (Å²) in [6, 6.07) is 2.28. The van der Waals surface area contributed by atoms with Gasteiger partial charge in [0.25, 0.3) is 0 Å². The van der Waals surface area contributed by atoms with Gasteiger partial charge < -0.3 is 4.74 Å². The molecule has 0 spiro atoms. The third kappa shape index (κ3) is 3.58. The molecule has 5 aliphatic carbocycles. The summed E-state index contributed by atoms with van der Waals surface area (Å²) in [5.74, 6) is 0.927. The number of rotatable bonds is 2. The molecule has 8 atom stereocenters. The molecule has 39 heavy (non-hydrogen) atoms. The zero-order valence-electron chi connectivity index (χ0n) is 25.9. The molecule has 214 valence electrons. The van der Waals surface area contributed by atoms with E-state index in [9.17, 15) is 14.9 Å². The number of methoxy groups -OCH3 is 1. The number of hydrogen-bond donors (Lipinski definition) is 0. The molecule has 0 saturated heterocycles. The van der Waals surface area contributed by atoms with Crippen LogP contribution >= 0.6 is 0 Å². The first-order chi connectivity index (χ1) is 18.1. The third-order valence-electron chi connectivity index (χ3n) is 13.4. The van der Waals surface area contributed by atoms with Crippen LogP contribution in [0.1, 0.15) is 107 Å². The molecule has 4 fully saturated rings. The van der Waals surface area contributed by atoms with Gasteiger partial charge in [0.05, 0.1) is 18.1 Å². The van der Waals surface area contributed by atoms with E-state index in [0.717, 1.165) is 57.9 Å². The molecule has 0 amide bonds. The van der Waals surface area contributed by atoms with E-state index in [1.807, 2.05) is 0 Å². The van der Waals surface area contributed by atoms with E-state index in [1.54, 1.807) is 7.11 Å². The van der Waals surface area contributed by atoms with Crippen molar-refractivity contribution >= 4 is 17.5 Å². The van der Waals surface area contributed by atoms with Gasteiger partial charge in [-0.05, 0) is 97.7 Å². The highest BCUT2D eigenvalue weighted by atomic mass is 16.5. The minimum Gasteiger partial charge on any atom is -0.469 e. The van der Waals surface area contributed by atoms with Crippen molar-refractivity contribution in [2.45, 2.75) is 107 Å². The smallest absolute Gasteiger partial charge is 0.312 e. The number of ketones is 1. The summed E-state index contributed by atoms with van der Waals surface area (Å²) in [5, 5.41) is 10.0. The third-order valence-corrected chi connectivity index (χ3v) is 13.4. The number of ether oxygens (including phenoxy) is 1. The Balaban J connectivity index is 1.70. The molecule has 5 heteroatoms. The summed E-state index contributed by atoms with van der Waals surface area (Å²) in [4.78, 5) is 32.2. The minimum atomic E-state index is -0.560. The van der Waals surface area contributed by atoms with Gasteiger partial charge >= 0.3 is 5.97 Å². The fourth-order valence-electron chi connectivity index (χ4n) is 11.3. The number of nitriles is 1. The summed E-state index contributed by atoms with van der Waals surface area (Å²) in [7, 11) is 1.56. The Morgan fingerprint density at radius 3 is 2.31 bits per heavy atom. The van der Waals surface area contributed by atoms with Crippen LogP contribution in [0.15, 0.2) is 16.6 Å². The summed E-state index contributed by atoms with van der Waals surface area (Å²) >= 11 is 0. The lowest BCUT2D eigenvalue weighted by atomic mass is 9.31. The average Bonchev–Trinajstić information content (AvgIpc) is 2.86. The maximum Gasteiger partial charge on any atom is 0.312 e. The van der Waals surface area contributed by atoms with Gasteiger partial charge in [-0.3, -0.25) is 14.6 Å². The standard InChI is InChI=1S/C34H50N2O3/c1-10-36-23-17-25-31(6)18-21(20-35)27(37)30(4,5)24(31)11-12-32(25,7)33(8)14-16-34(28(38)39-9)15-13-29(2,3)19-22(34)26(23)33/h18,22,24-26H,10-17,19H2,1-9H3/t22-,24-,25+,26-,31-,32+,33+,34-/m0/s1. The first kappa shape index (κ1) is 28.6. The van der Waals surface area contributed by atoms with Gasteiger partial charge in [-0.25, -0.2) is 0 Å². The number of nitrogens with zero attached hydrogens (tertiary/aromatic N) is 2. The van der Waals surface area contributed by atoms with Crippen molar-refractivity contribution in [3.05, 3.63) is 11.6 Å². The molecule has 5 rings (SSSR count). The van der Waals surface area contributed by atoms with Crippen molar-refractivity contribution in [1.29, 1.82) is 5.26 Å². The maximum absolute atomic E-state index is 13.6. The van der Waals surface area contributed by atoms with E-state index >= 15 is 0 Å². The second-order valence-electron chi connectivity index (χ2n) is 15.8. The van der Waals surface area contributed by atoms with Crippen LogP contribution in [-0.2, 0) is 14.3 Å². The first-order valence-electron chi connectivity index (χ1n) is 15.4. The highest BCUT2D eigenvalue weighted by Crippen LogP contribution is 2.76. The predicted octanol–water partition coefficient (Wildman–Crippen LogP) is 7.35. The minimum absolute atomic E-state index is 0.00314. The molecule has 0 aromatic carbocycles. The van der Waals surface area contributed by atoms with Crippen LogP contribution in [0.4, 0.5) is 0 Å². The number of Topliss-reactive ketones (excluding diaryl/α,β-unsaturated/α-hetero) is 1. The lowest BCUT2D eigenvalue weighted by molar-refractivity contribution is -0.207.